The number of aryl methyl sites for hydroxylation is 1. The number of pyridine rings is 1. The molecule has 0 spiro atoms. The fourth-order valence-electron chi connectivity index (χ4n) is 4.55. The van der Waals surface area contributed by atoms with Crippen LogP contribution in [0.15, 0.2) is 52.1 Å². The Kier molecular flexibility index (Phi) is 7.37. The van der Waals surface area contributed by atoms with Gasteiger partial charge in [-0.2, -0.15) is 10.5 Å². The highest BCUT2D eigenvalue weighted by atomic mass is 32.2. The highest BCUT2D eigenvalue weighted by molar-refractivity contribution is 7.99. The van der Waals surface area contributed by atoms with E-state index in [4.69, 9.17) is 14.9 Å². The minimum atomic E-state index is -0.488. The summed E-state index contributed by atoms with van der Waals surface area (Å²) in [5.41, 5.74) is 10.0. The third-order valence-corrected chi connectivity index (χ3v) is 8.46. The first-order valence-corrected chi connectivity index (χ1v) is 13.7. The van der Waals surface area contributed by atoms with Crippen molar-refractivity contribution in [2.45, 2.75) is 24.3 Å². The molecule has 5 rings (SSSR count). The van der Waals surface area contributed by atoms with Crippen LogP contribution in [0, 0.1) is 22.7 Å². The summed E-state index contributed by atoms with van der Waals surface area (Å²) in [7, 11) is 1.32. The van der Waals surface area contributed by atoms with E-state index in [2.05, 4.69) is 22.4 Å². The maximum absolute atomic E-state index is 13.0. The number of ether oxygens (including phenoxy) is 1. The quantitative estimate of drug-likeness (QED) is 0.225. The largest absolute Gasteiger partial charge is 0.465 e. The molecule has 0 saturated carbocycles. The number of nitrogens with two attached hydrogens (primary N) is 1. The number of anilines is 2. The van der Waals surface area contributed by atoms with E-state index in [0.29, 0.717) is 27.8 Å². The van der Waals surface area contributed by atoms with Crippen molar-refractivity contribution in [1.82, 2.24) is 4.98 Å². The second-order valence-electron chi connectivity index (χ2n) is 8.54. The van der Waals surface area contributed by atoms with Crippen molar-refractivity contribution in [3.63, 3.8) is 0 Å². The molecule has 3 N–H and O–H groups in total. The molecule has 0 bridgehead atoms. The third kappa shape index (κ3) is 4.86. The zero-order valence-electron chi connectivity index (χ0n) is 20.7. The van der Waals surface area contributed by atoms with E-state index in [1.165, 1.54) is 42.0 Å². The molecule has 0 radical (unpaired) electrons. The molecule has 0 unspecified atom stereocenters. The van der Waals surface area contributed by atoms with Crippen molar-refractivity contribution in [1.29, 1.82) is 10.5 Å². The number of hydrogen-bond acceptors (Lipinski definition) is 10. The molecular weight excluding hydrogens is 534 g/mol. The van der Waals surface area contributed by atoms with E-state index >= 15 is 0 Å². The molecule has 4 aromatic rings. The highest BCUT2D eigenvalue weighted by Crippen LogP contribution is 2.45. The van der Waals surface area contributed by atoms with Gasteiger partial charge >= 0.3 is 5.97 Å². The van der Waals surface area contributed by atoms with Gasteiger partial charge in [0, 0.05) is 17.1 Å². The van der Waals surface area contributed by atoms with Crippen LogP contribution in [0.5, 0.6) is 0 Å². The first kappa shape index (κ1) is 26.0. The molecule has 194 valence electrons. The van der Waals surface area contributed by atoms with Gasteiger partial charge in [-0.25, -0.2) is 9.78 Å². The number of nitrogen functional groups attached to an aromatic ring is 1. The number of thioether (sulfide) groups is 1. The predicted octanol–water partition coefficient (Wildman–Crippen LogP) is 5.40. The van der Waals surface area contributed by atoms with E-state index in [-0.39, 0.29) is 40.6 Å². The predicted molar refractivity (Wildman–Crippen MR) is 148 cm³/mol. The number of carbonyl (C=O) groups excluding carboxylic acids is 2. The average molecular weight is 556 g/mol. The Morgan fingerprint density at radius 1 is 1.18 bits per heavy atom. The van der Waals surface area contributed by atoms with Crippen LogP contribution in [-0.4, -0.2) is 29.7 Å². The number of methoxy groups -OCH3 is 1. The summed E-state index contributed by atoms with van der Waals surface area (Å²) in [6, 6.07) is 15.4. The Bertz CT molecular complexity index is 1680. The summed E-state index contributed by atoms with van der Waals surface area (Å²) in [4.78, 5) is 30.9. The summed E-state index contributed by atoms with van der Waals surface area (Å²) < 4.78 is 10.5. The van der Waals surface area contributed by atoms with Crippen molar-refractivity contribution in [2.75, 3.05) is 23.9 Å². The van der Waals surface area contributed by atoms with Crippen LogP contribution >= 0.6 is 23.1 Å². The lowest BCUT2D eigenvalue weighted by molar-refractivity contribution is -0.115. The van der Waals surface area contributed by atoms with Crippen LogP contribution in [0.2, 0.25) is 0 Å². The molecule has 1 aliphatic carbocycles. The molecule has 9 nitrogen and oxygen atoms in total. The Balaban J connectivity index is 1.36. The van der Waals surface area contributed by atoms with Gasteiger partial charge in [0.05, 0.1) is 30.1 Å². The maximum atomic E-state index is 13.0. The zero-order valence-corrected chi connectivity index (χ0v) is 22.4. The molecule has 1 aromatic carbocycles. The highest BCUT2D eigenvalue weighted by Gasteiger charge is 2.29. The minimum Gasteiger partial charge on any atom is -0.465 e. The Morgan fingerprint density at radius 3 is 2.69 bits per heavy atom. The van der Waals surface area contributed by atoms with Gasteiger partial charge in [0.15, 0.2) is 0 Å². The van der Waals surface area contributed by atoms with E-state index in [1.807, 2.05) is 24.3 Å². The summed E-state index contributed by atoms with van der Waals surface area (Å²) >= 11 is 2.54. The van der Waals surface area contributed by atoms with Gasteiger partial charge in [-0.05, 0) is 41.7 Å². The smallest absolute Gasteiger partial charge is 0.341 e. The van der Waals surface area contributed by atoms with Gasteiger partial charge in [-0.3, -0.25) is 4.79 Å². The molecule has 3 heterocycles. The topological polar surface area (TPSA) is 155 Å². The van der Waals surface area contributed by atoms with Crippen LogP contribution in [0.3, 0.4) is 0 Å². The molecule has 11 heteroatoms. The van der Waals surface area contributed by atoms with E-state index < -0.39 is 5.97 Å². The summed E-state index contributed by atoms with van der Waals surface area (Å²) in [6.45, 7) is 0. The summed E-state index contributed by atoms with van der Waals surface area (Å²) in [5.74, 6) is -0.209. The lowest BCUT2D eigenvalue weighted by atomic mass is 9.89. The molecule has 0 saturated heterocycles. The van der Waals surface area contributed by atoms with Crippen molar-refractivity contribution >= 4 is 45.8 Å². The number of furan rings is 1. The number of rotatable bonds is 7. The van der Waals surface area contributed by atoms with Crippen molar-refractivity contribution in [3.8, 4) is 33.9 Å². The number of esters is 1. The van der Waals surface area contributed by atoms with Gasteiger partial charge in [0.1, 0.15) is 39.3 Å². The number of carbonyl (C=O) groups is 2. The molecule has 0 atom stereocenters. The number of nitrogens with zero attached hydrogens (tertiary/aromatic N) is 3. The SMILES string of the molecule is COC(=O)c1c(NC(=O)CCSc2nc(N)c(C#N)c(-c3ccco3)c2C#N)sc2c1CCc1ccccc1-2. The van der Waals surface area contributed by atoms with Gasteiger partial charge < -0.3 is 20.2 Å². The monoisotopic (exact) mass is 555 g/mol. The molecule has 0 fully saturated rings. The molecule has 3 aromatic heterocycles. The van der Waals surface area contributed by atoms with Gasteiger partial charge in [-0.15, -0.1) is 23.1 Å². The van der Waals surface area contributed by atoms with Crippen molar-refractivity contribution < 1.29 is 18.7 Å². The number of nitrogens with one attached hydrogen (secondary N) is 1. The van der Waals surface area contributed by atoms with E-state index in [0.717, 1.165) is 22.4 Å². The lowest BCUT2D eigenvalue weighted by Crippen LogP contribution is -2.15. The van der Waals surface area contributed by atoms with Gasteiger partial charge in [0.25, 0.3) is 0 Å². The molecule has 1 amide bonds. The average Bonchev–Trinajstić information content (AvgIpc) is 3.60. The lowest BCUT2D eigenvalue weighted by Gasteiger charge is -2.16. The number of hydrogen-bond donors (Lipinski definition) is 2. The first-order chi connectivity index (χ1) is 19.0. The minimum absolute atomic E-state index is 0.0259. The second kappa shape index (κ2) is 11.0. The standard InChI is InChI=1S/C28H21N5O4S2/c1-36-28(35)23-17-9-8-15-5-2-3-6-16(15)24(17)39-27(23)32-21(34)10-12-38-26-19(14-30)22(20-7-4-11-37-20)18(13-29)25(31)33-26/h2-7,11H,8-10,12H2,1H3,(H2,31,33)(H,32,34). The summed E-state index contributed by atoms with van der Waals surface area (Å²) in [5, 5.41) is 23.1. The zero-order chi connectivity index (χ0) is 27.5. The number of aromatic nitrogens is 1. The third-order valence-electron chi connectivity index (χ3n) is 6.31. The van der Waals surface area contributed by atoms with Crippen LogP contribution in [0.1, 0.15) is 39.0 Å². The van der Waals surface area contributed by atoms with Crippen LogP contribution in [0.4, 0.5) is 10.8 Å². The van der Waals surface area contributed by atoms with Gasteiger partial charge in [0.2, 0.25) is 5.91 Å². The second-order valence-corrected chi connectivity index (χ2v) is 10.6. The van der Waals surface area contributed by atoms with Gasteiger partial charge in [-0.1, -0.05) is 24.3 Å². The van der Waals surface area contributed by atoms with E-state index in [9.17, 15) is 20.1 Å². The van der Waals surface area contributed by atoms with E-state index in [1.54, 1.807) is 12.1 Å². The fourth-order valence-corrected chi connectivity index (χ4v) is 6.80. The number of amides is 1. The molecule has 39 heavy (non-hydrogen) atoms. The maximum Gasteiger partial charge on any atom is 0.341 e. The number of thiophene rings is 1. The molecular formula is C28H21N5O4S2. The Hall–Kier alpha value is -4.58. The number of nitriles is 2. The Labute approximate surface area is 232 Å². The normalized spacial score (nSPS) is 11.6. The Morgan fingerprint density at radius 2 is 1.97 bits per heavy atom. The molecule has 1 aliphatic rings. The van der Waals surface area contributed by atoms with Crippen LogP contribution < -0.4 is 11.1 Å². The first-order valence-electron chi connectivity index (χ1n) is 11.9. The number of fused-ring (bicyclic) bond motifs is 3. The fraction of sp³-hybridized carbons (Fsp3) is 0.179. The van der Waals surface area contributed by atoms with Crippen molar-refractivity contribution in [2.24, 2.45) is 0 Å². The van der Waals surface area contributed by atoms with Crippen LogP contribution in [0.25, 0.3) is 21.8 Å². The van der Waals surface area contributed by atoms with Crippen LogP contribution in [-0.2, 0) is 22.4 Å². The molecule has 0 aliphatic heterocycles. The number of benzene rings is 1. The summed E-state index contributed by atoms with van der Waals surface area (Å²) in [6.07, 6.45) is 3.00. The van der Waals surface area contributed by atoms with Crippen molar-refractivity contribution in [3.05, 3.63) is 70.5 Å².